The highest BCUT2D eigenvalue weighted by atomic mass is 31.2. The summed E-state index contributed by atoms with van der Waals surface area (Å²) in [5.74, 6) is -2.13. The van der Waals surface area contributed by atoms with Crippen LogP contribution in [-0.2, 0) is 46.1 Å². The SMILES string of the molecule is Cc1nc(N)c2c(C(N)=O)cn([C@@H]3O[C@H](COP(=O)(N[C@@H](C)C(=O)OCc4ccccc4)N[C@H](C)C(=O)OCc4ccccc4)[C@@H](O)[C@H]3O)c2n1. The maximum absolute atomic E-state index is 14.3. The molecule has 5 rings (SSSR count). The number of amides is 1. The molecule has 0 bridgehead atoms. The van der Waals surface area contributed by atoms with E-state index in [0.717, 1.165) is 11.1 Å². The molecule has 0 aliphatic carbocycles. The van der Waals surface area contributed by atoms with Gasteiger partial charge in [-0.15, -0.1) is 0 Å². The number of nitrogens with one attached hydrogen (secondary N) is 2. The first-order valence-corrected chi connectivity index (χ1v) is 17.6. The van der Waals surface area contributed by atoms with Crippen LogP contribution in [0.15, 0.2) is 66.9 Å². The zero-order valence-electron chi connectivity index (χ0n) is 28.0. The Kier molecular flexibility index (Phi) is 11.8. The fourth-order valence-corrected chi connectivity index (χ4v) is 7.19. The fraction of sp³-hybridized carbons (Fsp3) is 0.364. The molecule has 1 fully saturated rings. The highest BCUT2D eigenvalue weighted by molar-refractivity contribution is 7.54. The predicted molar refractivity (Wildman–Crippen MR) is 182 cm³/mol. The number of carbonyl (C=O) groups is 3. The van der Waals surface area contributed by atoms with Crippen LogP contribution in [0.4, 0.5) is 5.82 Å². The molecule has 1 unspecified atom stereocenters. The van der Waals surface area contributed by atoms with Crippen LogP contribution in [0.3, 0.4) is 0 Å². The standard InChI is InChI=1S/C33H40N7O10P/c1-18(32(44)47-15-21-10-6-4-7-11-21)38-51(46,39-19(2)33(45)48-16-22-12-8-5-9-13-22)49-17-24-26(41)27(42)31(50-24)40-14-23(29(35)43)25-28(34)36-20(3)37-30(25)40/h4-14,18-19,24,26-27,31,41-42H,15-17H2,1-3H3,(H2,35,43)(H2,34,36,37)(H2,38,39,46)/t18-,19+,24-,26-,27-,31-,51?/m1/s1. The number of nitrogens with zero attached hydrogens (tertiary/aromatic N) is 3. The number of hydrogen-bond donors (Lipinski definition) is 6. The highest BCUT2D eigenvalue weighted by Gasteiger charge is 2.46. The minimum Gasteiger partial charge on any atom is -0.460 e. The number of aromatic nitrogens is 3. The Labute approximate surface area is 292 Å². The molecule has 8 N–H and O–H groups in total. The van der Waals surface area contributed by atoms with Gasteiger partial charge in [-0.25, -0.2) is 20.1 Å². The Morgan fingerprint density at radius 1 is 0.922 bits per heavy atom. The topological polar surface area (TPSA) is 252 Å². The number of primary amides is 1. The van der Waals surface area contributed by atoms with Crippen LogP contribution in [0.5, 0.6) is 0 Å². The molecule has 3 heterocycles. The summed E-state index contributed by atoms with van der Waals surface area (Å²) in [6.07, 6.45) is -4.54. The molecule has 272 valence electrons. The van der Waals surface area contributed by atoms with Gasteiger partial charge in [0.25, 0.3) is 5.91 Å². The third-order valence-electron chi connectivity index (χ3n) is 7.99. The molecular weight excluding hydrogens is 685 g/mol. The minimum absolute atomic E-state index is 0.0242. The number of aliphatic hydroxyl groups excluding tert-OH is 2. The second-order valence-electron chi connectivity index (χ2n) is 12.0. The van der Waals surface area contributed by atoms with Crippen LogP contribution in [0.2, 0.25) is 0 Å². The number of esters is 2. The summed E-state index contributed by atoms with van der Waals surface area (Å²) < 4.78 is 38.0. The zero-order chi connectivity index (χ0) is 36.9. The molecular formula is C33H40N7O10P. The van der Waals surface area contributed by atoms with Gasteiger partial charge < -0.3 is 45.0 Å². The van der Waals surface area contributed by atoms with Crippen LogP contribution < -0.4 is 21.6 Å². The van der Waals surface area contributed by atoms with Crippen LogP contribution in [0.1, 0.15) is 47.4 Å². The number of anilines is 1. The maximum Gasteiger partial charge on any atom is 0.342 e. The third-order valence-corrected chi connectivity index (χ3v) is 9.96. The molecule has 2 aromatic heterocycles. The van der Waals surface area contributed by atoms with Gasteiger partial charge in [0.05, 0.1) is 17.6 Å². The number of aliphatic hydroxyl groups is 2. The predicted octanol–water partition coefficient (Wildman–Crippen LogP) is 1.61. The number of aryl methyl sites for hydroxylation is 1. The van der Waals surface area contributed by atoms with Crippen LogP contribution in [0, 0.1) is 6.92 Å². The Morgan fingerprint density at radius 2 is 1.45 bits per heavy atom. The van der Waals surface area contributed by atoms with E-state index in [9.17, 15) is 29.2 Å². The lowest BCUT2D eigenvalue weighted by molar-refractivity contribution is -0.147. The van der Waals surface area contributed by atoms with E-state index in [1.54, 1.807) is 55.5 Å². The molecule has 0 spiro atoms. The molecule has 17 nitrogen and oxygen atoms in total. The number of hydrogen-bond acceptors (Lipinski definition) is 13. The quantitative estimate of drug-likeness (QED) is 0.0752. The number of benzene rings is 2. The summed E-state index contributed by atoms with van der Waals surface area (Å²) >= 11 is 0. The molecule has 7 atom stereocenters. The van der Waals surface area contributed by atoms with Gasteiger partial charge in [0, 0.05) is 6.20 Å². The van der Waals surface area contributed by atoms with E-state index in [1.165, 1.54) is 24.6 Å². The van der Waals surface area contributed by atoms with Crippen LogP contribution in [-0.4, -0.2) is 79.6 Å². The molecule has 1 aliphatic heterocycles. The normalized spacial score (nSPS) is 21.1. The summed E-state index contributed by atoms with van der Waals surface area (Å²) in [5, 5.41) is 27.3. The van der Waals surface area contributed by atoms with Gasteiger partial charge >= 0.3 is 19.6 Å². The van der Waals surface area contributed by atoms with Crippen molar-refractivity contribution in [3.8, 4) is 0 Å². The van der Waals surface area contributed by atoms with E-state index in [1.807, 2.05) is 12.1 Å². The van der Waals surface area contributed by atoms with E-state index in [0.29, 0.717) is 0 Å². The van der Waals surface area contributed by atoms with E-state index < -0.39 is 68.7 Å². The van der Waals surface area contributed by atoms with Crippen molar-refractivity contribution in [3.05, 3.63) is 89.4 Å². The van der Waals surface area contributed by atoms with Crippen molar-refractivity contribution in [2.24, 2.45) is 5.73 Å². The molecule has 18 heteroatoms. The maximum atomic E-state index is 14.3. The average Bonchev–Trinajstić information content (AvgIpc) is 3.62. The average molecular weight is 726 g/mol. The smallest absolute Gasteiger partial charge is 0.342 e. The summed E-state index contributed by atoms with van der Waals surface area (Å²) in [4.78, 5) is 46.4. The van der Waals surface area contributed by atoms with E-state index in [-0.39, 0.29) is 41.5 Å². The first kappa shape index (κ1) is 37.5. The van der Waals surface area contributed by atoms with Gasteiger partial charge in [-0.2, -0.15) is 0 Å². The van der Waals surface area contributed by atoms with E-state index >= 15 is 0 Å². The number of carbonyl (C=O) groups excluding carboxylic acids is 3. The van der Waals surface area contributed by atoms with Crippen molar-refractivity contribution in [1.82, 2.24) is 24.7 Å². The summed E-state index contributed by atoms with van der Waals surface area (Å²) in [6.45, 7) is 3.66. The Morgan fingerprint density at radius 3 is 1.96 bits per heavy atom. The van der Waals surface area contributed by atoms with Gasteiger partial charge in [0.15, 0.2) is 6.23 Å². The second kappa shape index (κ2) is 16.1. The molecule has 1 amide bonds. The fourth-order valence-electron chi connectivity index (χ4n) is 5.38. The second-order valence-corrected chi connectivity index (χ2v) is 13.8. The Bertz CT molecular complexity index is 1840. The van der Waals surface area contributed by atoms with Crippen molar-refractivity contribution in [1.29, 1.82) is 0 Å². The first-order chi connectivity index (χ1) is 24.3. The number of nitrogens with two attached hydrogens (primary N) is 2. The molecule has 4 aromatic rings. The lowest BCUT2D eigenvalue weighted by Gasteiger charge is -2.27. The largest absolute Gasteiger partial charge is 0.460 e. The van der Waals surface area contributed by atoms with Gasteiger partial charge in [-0.1, -0.05) is 60.7 Å². The summed E-state index contributed by atoms with van der Waals surface area (Å²) in [7, 11) is -4.36. The van der Waals surface area contributed by atoms with E-state index in [4.69, 9.17) is 30.2 Å². The Hall–Kier alpha value is -4.74. The van der Waals surface area contributed by atoms with Crippen molar-refractivity contribution in [3.63, 3.8) is 0 Å². The van der Waals surface area contributed by atoms with Gasteiger partial charge in [-0.3, -0.25) is 18.9 Å². The lowest BCUT2D eigenvalue weighted by atomic mass is 10.1. The summed E-state index contributed by atoms with van der Waals surface area (Å²) in [5.41, 5.74) is 13.2. The third kappa shape index (κ3) is 8.95. The lowest BCUT2D eigenvalue weighted by Crippen LogP contribution is -2.43. The Balaban J connectivity index is 1.32. The highest BCUT2D eigenvalue weighted by Crippen LogP contribution is 2.42. The van der Waals surface area contributed by atoms with Crippen molar-refractivity contribution < 1.29 is 47.9 Å². The van der Waals surface area contributed by atoms with Crippen molar-refractivity contribution >= 4 is 42.4 Å². The first-order valence-electron chi connectivity index (χ1n) is 15.9. The van der Waals surface area contributed by atoms with E-state index in [2.05, 4.69) is 20.1 Å². The molecule has 0 saturated carbocycles. The summed E-state index contributed by atoms with van der Waals surface area (Å²) in [6, 6.07) is 15.4. The molecule has 1 aliphatic rings. The van der Waals surface area contributed by atoms with Crippen LogP contribution in [0.25, 0.3) is 11.0 Å². The van der Waals surface area contributed by atoms with Crippen molar-refractivity contribution in [2.75, 3.05) is 12.3 Å². The van der Waals surface area contributed by atoms with Crippen LogP contribution >= 0.6 is 7.67 Å². The number of ether oxygens (including phenoxy) is 3. The zero-order valence-corrected chi connectivity index (χ0v) is 28.9. The number of nitrogen functional groups attached to an aromatic ring is 1. The molecule has 1 saturated heterocycles. The molecule has 51 heavy (non-hydrogen) atoms. The van der Waals surface area contributed by atoms with Gasteiger partial charge in [-0.05, 0) is 31.9 Å². The molecule has 0 radical (unpaired) electrons. The van der Waals surface area contributed by atoms with Gasteiger partial charge in [0.1, 0.15) is 60.9 Å². The number of rotatable bonds is 15. The number of fused-ring (bicyclic) bond motifs is 1. The van der Waals surface area contributed by atoms with Gasteiger partial charge in [0.2, 0.25) is 0 Å². The molecule has 2 aromatic carbocycles. The minimum atomic E-state index is -4.36. The van der Waals surface area contributed by atoms with Crippen molar-refractivity contribution in [2.45, 2.75) is 70.6 Å². The monoisotopic (exact) mass is 725 g/mol.